The first-order valence-corrected chi connectivity index (χ1v) is 6.86. The van der Waals surface area contributed by atoms with Crippen molar-refractivity contribution in [3.8, 4) is 0 Å². The molecular formula is C14H26O3. The van der Waals surface area contributed by atoms with E-state index in [4.69, 9.17) is 0 Å². The van der Waals surface area contributed by atoms with Crippen LogP contribution in [0.1, 0.15) is 59.3 Å². The Kier molecular flexibility index (Phi) is 4.99. The quantitative estimate of drug-likeness (QED) is 0.779. The van der Waals surface area contributed by atoms with E-state index in [1.54, 1.807) is 0 Å². The number of carboxylic acid groups (broad SMARTS) is 1. The number of carbonyl (C=O) groups is 1. The second-order valence-electron chi connectivity index (χ2n) is 5.83. The highest BCUT2D eigenvalue weighted by Crippen LogP contribution is 2.42. The van der Waals surface area contributed by atoms with E-state index in [1.807, 2.05) is 0 Å². The Morgan fingerprint density at radius 1 is 1.41 bits per heavy atom. The molecule has 0 heterocycles. The van der Waals surface area contributed by atoms with Crippen LogP contribution in [0.5, 0.6) is 0 Å². The Labute approximate surface area is 104 Å². The van der Waals surface area contributed by atoms with Gasteiger partial charge in [-0.05, 0) is 37.5 Å². The summed E-state index contributed by atoms with van der Waals surface area (Å²) in [6.07, 6.45) is 4.67. The van der Waals surface area contributed by atoms with Gasteiger partial charge in [0.1, 0.15) is 0 Å². The summed E-state index contributed by atoms with van der Waals surface area (Å²) >= 11 is 0. The molecule has 3 heteroatoms. The number of carboxylic acids is 1. The summed E-state index contributed by atoms with van der Waals surface area (Å²) < 4.78 is 0. The second-order valence-corrected chi connectivity index (χ2v) is 5.83. The molecule has 1 saturated carbocycles. The van der Waals surface area contributed by atoms with Crippen LogP contribution in [-0.4, -0.2) is 21.8 Å². The van der Waals surface area contributed by atoms with Crippen molar-refractivity contribution in [1.82, 2.24) is 0 Å². The normalized spacial score (nSPS) is 35.5. The molecular weight excluding hydrogens is 216 g/mol. The minimum atomic E-state index is -0.979. The SMILES string of the molecule is CCCCC(C(=O)O)C1(O)CCC(C)C(C)C1. The predicted molar refractivity (Wildman–Crippen MR) is 67.8 cm³/mol. The molecule has 1 aliphatic rings. The third kappa shape index (κ3) is 3.44. The highest BCUT2D eigenvalue weighted by molar-refractivity contribution is 5.71. The largest absolute Gasteiger partial charge is 0.481 e. The molecule has 0 aliphatic heterocycles. The lowest BCUT2D eigenvalue weighted by Crippen LogP contribution is -2.47. The summed E-state index contributed by atoms with van der Waals surface area (Å²) in [5.74, 6) is -0.409. The fourth-order valence-corrected chi connectivity index (χ4v) is 2.97. The number of aliphatic carboxylic acids is 1. The van der Waals surface area contributed by atoms with Gasteiger partial charge in [-0.25, -0.2) is 0 Å². The van der Waals surface area contributed by atoms with Crippen LogP contribution in [0.15, 0.2) is 0 Å². The summed E-state index contributed by atoms with van der Waals surface area (Å²) in [4.78, 5) is 11.3. The molecule has 1 rings (SSSR count). The molecule has 0 radical (unpaired) electrons. The lowest BCUT2D eigenvalue weighted by Gasteiger charge is -2.42. The number of hydrogen-bond donors (Lipinski definition) is 2. The van der Waals surface area contributed by atoms with Gasteiger partial charge in [0.05, 0.1) is 11.5 Å². The van der Waals surface area contributed by atoms with Crippen LogP contribution in [0, 0.1) is 17.8 Å². The molecule has 1 fully saturated rings. The van der Waals surface area contributed by atoms with Crippen molar-refractivity contribution in [1.29, 1.82) is 0 Å². The zero-order valence-electron chi connectivity index (χ0n) is 11.3. The molecule has 0 aromatic rings. The van der Waals surface area contributed by atoms with E-state index in [1.165, 1.54) is 0 Å². The fourth-order valence-electron chi connectivity index (χ4n) is 2.97. The van der Waals surface area contributed by atoms with Crippen LogP contribution in [-0.2, 0) is 4.79 Å². The van der Waals surface area contributed by atoms with E-state index in [-0.39, 0.29) is 0 Å². The van der Waals surface area contributed by atoms with E-state index < -0.39 is 17.5 Å². The van der Waals surface area contributed by atoms with Gasteiger partial charge < -0.3 is 10.2 Å². The van der Waals surface area contributed by atoms with Gasteiger partial charge in [0.25, 0.3) is 0 Å². The molecule has 0 aromatic carbocycles. The van der Waals surface area contributed by atoms with Crippen molar-refractivity contribution in [3.63, 3.8) is 0 Å². The summed E-state index contributed by atoms with van der Waals surface area (Å²) in [5.41, 5.74) is -0.979. The average Bonchev–Trinajstić information content (AvgIpc) is 2.24. The van der Waals surface area contributed by atoms with Gasteiger partial charge in [0, 0.05) is 0 Å². The third-order valence-electron chi connectivity index (χ3n) is 4.47. The topological polar surface area (TPSA) is 57.5 Å². The van der Waals surface area contributed by atoms with Crippen LogP contribution in [0.4, 0.5) is 0 Å². The lowest BCUT2D eigenvalue weighted by atomic mass is 9.67. The summed E-state index contributed by atoms with van der Waals surface area (Å²) in [5, 5.41) is 19.9. The highest BCUT2D eigenvalue weighted by Gasteiger charge is 2.45. The van der Waals surface area contributed by atoms with Gasteiger partial charge >= 0.3 is 5.97 Å². The van der Waals surface area contributed by atoms with Crippen LogP contribution >= 0.6 is 0 Å². The van der Waals surface area contributed by atoms with E-state index >= 15 is 0 Å². The minimum absolute atomic E-state index is 0.414. The molecule has 4 unspecified atom stereocenters. The second kappa shape index (κ2) is 5.85. The van der Waals surface area contributed by atoms with Crippen LogP contribution in [0.2, 0.25) is 0 Å². The number of unbranched alkanes of at least 4 members (excludes halogenated alkanes) is 1. The van der Waals surface area contributed by atoms with Crippen molar-refractivity contribution in [2.45, 2.75) is 64.9 Å². The van der Waals surface area contributed by atoms with E-state index in [0.29, 0.717) is 31.1 Å². The van der Waals surface area contributed by atoms with E-state index in [9.17, 15) is 15.0 Å². The monoisotopic (exact) mass is 242 g/mol. The van der Waals surface area contributed by atoms with Gasteiger partial charge in [-0.2, -0.15) is 0 Å². The number of rotatable bonds is 5. The Bertz CT molecular complexity index is 264. The zero-order chi connectivity index (χ0) is 13.1. The Morgan fingerprint density at radius 2 is 2.06 bits per heavy atom. The smallest absolute Gasteiger partial charge is 0.309 e. The number of hydrogen-bond acceptors (Lipinski definition) is 2. The summed E-state index contributed by atoms with van der Waals surface area (Å²) in [7, 11) is 0. The molecule has 2 N–H and O–H groups in total. The van der Waals surface area contributed by atoms with Crippen LogP contribution in [0.25, 0.3) is 0 Å². The Balaban J connectivity index is 2.74. The van der Waals surface area contributed by atoms with Crippen molar-refractivity contribution >= 4 is 5.97 Å². The van der Waals surface area contributed by atoms with Crippen molar-refractivity contribution in [2.24, 2.45) is 17.8 Å². The minimum Gasteiger partial charge on any atom is -0.481 e. The Hall–Kier alpha value is -0.570. The molecule has 0 aromatic heterocycles. The molecule has 0 saturated heterocycles. The molecule has 0 bridgehead atoms. The first kappa shape index (κ1) is 14.5. The first-order chi connectivity index (χ1) is 7.90. The molecule has 0 amide bonds. The lowest BCUT2D eigenvalue weighted by molar-refractivity contribution is -0.158. The van der Waals surface area contributed by atoms with Crippen molar-refractivity contribution in [2.75, 3.05) is 0 Å². The van der Waals surface area contributed by atoms with E-state index in [0.717, 1.165) is 19.3 Å². The Morgan fingerprint density at radius 3 is 2.53 bits per heavy atom. The van der Waals surface area contributed by atoms with Crippen LogP contribution < -0.4 is 0 Å². The third-order valence-corrected chi connectivity index (χ3v) is 4.47. The van der Waals surface area contributed by atoms with Crippen molar-refractivity contribution in [3.05, 3.63) is 0 Å². The van der Waals surface area contributed by atoms with Gasteiger partial charge in [-0.1, -0.05) is 33.6 Å². The van der Waals surface area contributed by atoms with Gasteiger partial charge in [-0.15, -0.1) is 0 Å². The van der Waals surface area contributed by atoms with Gasteiger partial charge in [-0.3, -0.25) is 4.79 Å². The first-order valence-electron chi connectivity index (χ1n) is 6.86. The number of aliphatic hydroxyl groups is 1. The van der Waals surface area contributed by atoms with Gasteiger partial charge in [0.15, 0.2) is 0 Å². The average molecular weight is 242 g/mol. The molecule has 1 aliphatic carbocycles. The van der Waals surface area contributed by atoms with Crippen LogP contribution in [0.3, 0.4) is 0 Å². The standard InChI is InChI=1S/C14H26O3/c1-4-5-6-12(13(15)16)14(17)8-7-10(2)11(3)9-14/h10-12,17H,4-9H2,1-3H3,(H,15,16). The highest BCUT2D eigenvalue weighted by atomic mass is 16.4. The maximum absolute atomic E-state index is 11.3. The predicted octanol–water partition coefficient (Wildman–Crippen LogP) is 3.06. The molecule has 4 atom stereocenters. The molecule has 3 nitrogen and oxygen atoms in total. The van der Waals surface area contributed by atoms with Gasteiger partial charge in [0.2, 0.25) is 0 Å². The molecule has 17 heavy (non-hydrogen) atoms. The van der Waals surface area contributed by atoms with E-state index in [2.05, 4.69) is 20.8 Å². The van der Waals surface area contributed by atoms with Crippen molar-refractivity contribution < 1.29 is 15.0 Å². The summed E-state index contributed by atoms with van der Waals surface area (Å²) in [6.45, 7) is 6.36. The maximum atomic E-state index is 11.3. The molecule has 100 valence electrons. The fraction of sp³-hybridized carbons (Fsp3) is 0.929. The summed E-state index contributed by atoms with van der Waals surface area (Å²) in [6, 6.07) is 0. The zero-order valence-corrected chi connectivity index (χ0v) is 11.3. The molecule has 0 spiro atoms. The maximum Gasteiger partial charge on any atom is 0.309 e.